The van der Waals surface area contributed by atoms with E-state index in [0.29, 0.717) is 16.8 Å². The lowest BCUT2D eigenvalue weighted by molar-refractivity contribution is 0.00564. The molecule has 0 fully saturated rings. The Bertz CT molecular complexity index is 1010. The minimum atomic E-state index is -0.581. The van der Waals surface area contributed by atoms with E-state index in [1.165, 1.54) is 32.3 Å². The van der Waals surface area contributed by atoms with Crippen molar-refractivity contribution >= 4 is 35.1 Å². The Morgan fingerprint density at radius 1 is 0.735 bits per heavy atom. The first-order valence-electron chi connectivity index (χ1n) is 10.5. The first-order valence-corrected chi connectivity index (χ1v) is 10.9. The second kappa shape index (κ2) is 11.3. The second-order valence-electron chi connectivity index (χ2n) is 9.56. The van der Waals surface area contributed by atoms with Gasteiger partial charge in [-0.1, -0.05) is 11.6 Å². The topological polar surface area (TPSA) is 113 Å². The van der Waals surface area contributed by atoms with Gasteiger partial charge in [-0.05, 0) is 66.2 Å². The zero-order valence-corrected chi connectivity index (χ0v) is 21.8. The number of rotatable bonds is 4. The zero-order valence-electron chi connectivity index (χ0n) is 21.0. The van der Waals surface area contributed by atoms with E-state index in [-0.39, 0.29) is 27.8 Å². The van der Waals surface area contributed by atoms with Crippen LogP contribution in [0.3, 0.4) is 0 Å². The van der Waals surface area contributed by atoms with Crippen molar-refractivity contribution in [1.82, 2.24) is 9.97 Å². The fraction of sp³-hybridized carbons (Fsp3) is 0.440. The minimum absolute atomic E-state index is 0.113. The number of hydrogen-bond acceptors (Lipinski definition) is 8. The Morgan fingerprint density at radius 2 is 1.12 bits per heavy atom. The number of hydrogen-bond donors (Lipinski definition) is 0. The lowest BCUT2D eigenvalue weighted by Crippen LogP contribution is -2.24. The lowest BCUT2D eigenvalue weighted by atomic mass is 10.1. The molecule has 184 valence electrons. The first kappa shape index (κ1) is 28.9. The van der Waals surface area contributed by atoms with Crippen molar-refractivity contribution in [3.63, 3.8) is 0 Å². The molecule has 34 heavy (non-hydrogen) atoms. The average Bonchev–Trinajstić information content (AvgIpc) is 2.65. The van der Waals surface area contributed by atoms with Crippen molar-refractivity contribution in [1.29, 1.82) is 0 Å². The van der Waals surface area contributed by atoms with Crippen LogP contribution in [0.25, 0.3) is 0 Å². The third kappa shape index (κ3) is 9.39. The maximum Gasteiger partial charge on any atom is 0.340 e. The van der Waals surface area contributed by atoms with Crippen LogP contribution in [-0.2, 0) is 9.47 Å². The molecule has 0 aliphatic rings. The molecule has 0 spiro atoms. The molecule has 2 aromatic heterocycles. The molecule has 0 saturated carbocycles. The summed E-state index contributed by atoms with van der Waals surface area (Å²) in [5.41, 5.74) is 0.696. The van der Waals surface area contributed by atoms with Crippen molar-refractivity contribution in [3.8, 4) is 0 Å². The van der Waals surface area contributed by atoms with E-state index in [1.54, 1.807) is 54.5 Å². The molecule has 0 atom stereocenters. The maximum absolute atomic E-state index is 11.7. The minimum Gasteiger partial charge on any atom is -0.456 e. The number of ether oxygens (including phenoxy) is 2. The van der Waals surface area contributed by atoms with Crippen LogP contribution < -0.4 is 0 Å². The summed E-state index contributed by atoms with van der Waals surface area (Å²) < 4.78 is 10.4. The van der Waals surface area contributed by atoms with Gasteiger partial charge in [0.2, 0.25) is 0 Å². The van der Waals surface area contributed by atoms with Gasteiger partial charge in [-0.3, -0.25) is 19.6 Å². The summed E-state index contributed by atoms with van der Waals surface area (Å²) in [6, 6.07) is 3.01. The van der Waals surface area contributed by atoms with Crippen molar-refractivity contribution in [3.05, 3.63) is 57.6 Å². The van der Waals surface area contributed by atoms with Crippen molar-refractivity contribution < 1.29 is 28.7 Å². The Labute approximate surface area is 205 Å². The van der Waals surface area contributed by atoms with E-state index in [4.69, 9.17) is 21.1 Å². The third-order valence-corrected chi connectivity index (χ3v) is 4.14. The van der Waals surface area contributed by atoms with Gasteiger partial charge in [0.25, 0.3) is 0 Å². The van der Waals surface area contributed by atoms with Crippen LogP contribution in [0.5, 0.6) is 0 Å². The number of halogens is 1. The van der Waals surface area contributed by atoms with E-state index in [1.807, 2.05) is 0 Å². The van der Waals surface area contributed by atoms with Crippen molar-refractivity contribution in [2.24, 2.45) is 0 Å². The number of aryl methyl sites for hydroxylation is 1. The van der Waals surface area contributed by atoms with Crippen LogP contribution in [0, 0.1) is 6.92 Å². The number of carbonyl (C=O) groups excluding carboxylic acids is 4. The lowest BCUT2D eigenvalue weighted by Gasteiger charge is -2.19. The highest BCUT2D eigenvalue weighted by molar-refractivity contribution is 6.33. The van der Waals surface area contributed by atoms with E-state index in [9.17, 15) is 19.2 Å². The Balaban J connectivity index is 0.000000340. The molecular weight excluding hydrogens is 460 g/mol. The normalized spacial score (nSPS) is 11.1. The van der Waals surface area contributed by atoms with Crippen molar-refractivity contribution in [2.75, 3.05) is 0 Å². The second-order valence-corrected chi connectivity index (χ2v) is 9.97. The summed E-state index contributed by atoms with van der Waals surface area (Å²) in [5.74, 6) is -1.30. The van der Waals surface area contributed by atoms with Gasteiger partial charge >= 0.3 is 11.9 Å². The highest BCUT2D eigenvalue weighted by atomic mass is 35.5. The van der Waals surface area contributed by atoms with Crippen molar-refractivity contribution in [2.45, 2.75) is 73.5 Å². The molecule has 0 bridgehead atoms. The van der Waals surface area contributed by atoms with Gasteiger partial charge in [0, 0.05) is 26.2 Å². The molecule has 8 nitrogen and oxygen atoms in total. The molecule has 0 aliphatic carbocycles. The summed E-state index contributed by atoms with van der Waals surface area (Å²) >= 11 is 5.85. The number of nitrogens with zero attached hydrogens (tertiary/aromatic N) is 2. The van der Waals surface area contributed by atoms with Crippen LogP contribution >= 0.6 is 11.6 Å². The van der Waals surface area contributed by atoms with Crippen LogP contribution in [0.2, 0.25) is 5.02 Å². The van der Waals surface area contributed by atoms with Gasteiger partial charge in [-0.25, -0.2) is 9.59 Å². The number of pyridine rings is 2. The fourth-order valence-corrected chi connectivity index (χ4v) is 2.84. The Morgan fingerprint density at radius 3 is 1.44 bits per heavy atom. The average molecular weight is 491 g/mol. The molecule has 0 unspecified atom stereocenters. The molecule has 2 heterocycles. The first-order chi connectivity index (χ1) is 15.4. The van der Waals surface area contributed by atoms with E-state index in [2.05, 4.69) is 9.97 Å². The monoisotopic (exact) mass is 490 g/mol. The molecule has 0 amide bonds. The SMILES string of the molecule is CC(=O)c1ncc(C(=O)OC(C)(C)C)cc1C.CC(=O)c1ncc(C(=O)OC(C)(C)C)cc1Cl. The maximum atomic E-state index is 11.7. The number of carbonyl (C=O) groups is 4. The van der Waals surface area contributed by atoms with Crippen LogP contribution in [0.15, 0.2) is 24.5 Å². The van der Waals surface area contributed by atoms with Gasteiger partial charge in [0.15, 0.2) is 11.6 Å². The molecule has 0 aliphatic heterocycles. The summed E-state index contributed by atoms with van der Waals surface area (Å²) in [7, 11) is 0. The summed E-state index contributed by atoms with van der Waals surface area (Å²) in [6.07, 6.45) is 2.66. The van der Waals surface area contributed by atoms with E-state index < -0.39 is 23.1 Å². The van der Waals surface area contributed by atoms with Gasteiger partial charge in [0.05, 0.1) is 16.1 Å². The van der Waals surface area contributed by atoms with Gasteiger partial charge < -0.3 is 9.47 Å². The van der Waals surface area contributed by atoms with Crippen LogP contribution in [0.4, 0.5) is 0 Å². The highest BCUT2D eigenvalue weighted by Crippen LogP contribution is 2.18. The van der Waals surface area contributed by atoms with Gasteiger partial charge in [-0.2, -0.15) is 0 Å². The summed E-state index contributed by atoms with van der Waals surface area (Å²) in [4.78, 5) is 53.6. The Hall–Kier alpha value is -3.13. The molecule has 2 rings (SSSR count). The zero-order chi connectivity index (χ0) is 26.4. The fourth-order valence-electron chi connectivity index (χ4n) is 2.54. The predicted octanol–water partition coefficient (Wildman–Crippen LogP) is 5.44. The standard InChI is InChI=1S/C13H17NO3.C12H14ClNO3/c1-8-6-10(7-14-11(8)9(2)15)12(16)17-13(3,4)5;1-7(15)10-9(13)5-8(6-14-10)11(16)17-12(2,3)4/h6-7H,1-5H3;5-6H,1-4H3. The van der Waals surface area contributed by atoms with Gasteiger partial charge in [0.1, 0.15) is 22.6 Å². The molecule has 0 saturated heterocycles. The molecule has 2 aromatic rings. The summed E-state index contributed by atoms with van der Waals surface area (Å²) in [6.45, 7) is 15.3. The number of esters is 2. The van der Waals surface area contributed by atoms with Crippen LogP contribution in [-0.4, -0.2) is 44.7 Å². The smallest absolute Gasteiger partial charge is 0.340 e. The third-order valence-electron chi connectivity index (χ3n) is 3.86. The molecule has 0 N–H and O–H groups in total. The molecule has 0 aromatic carbocycles. The Kier molecular flexibility index (Phi) is 9.63. The quantitative estimate of drug-likeness (QED) is 0.411. The van der Waals surface area contributed by atoms with E-state index >= 15 is 0 Å². The number of aromatic nitrogens is 2. The number of ketones is 2. The summed E-state index contributed by atoms with van der Waals surface area (Å²) in [5, 5.41) is 0.154. The van der Waals surface area contributed by atoms with Crippen LogP contribution in [0.1, 0.15) is 103 Å². The van der Waals surface area contributed by atoms with E-state index in [0.717, 1.165) is 0 Å². The molecular formula is C25H31ClN2O6. The predicted molar refractivity (Wildman–Crippen MR) is 129 cm³/mol. The van der Waals surface area contributed by atoms with Gasteiger partial charge in [-0.15, -0.1) is 0 Å². The largest absolute Gasteiger partial charge is 0.456 e. The number of Topliss-reactive ketones (excluding diaryl/α,β-unsaturated/α-hetero) is 2. The molecule has 0 radical (unpaired) electrons. The molecule has 9 heteroatoms. The highest BCUT2D eigenvalue weighted by Gasteiger charge is 2.20.